The Labute approximate surface area is 106 Å². The molecule has 2 aromatic rings. The first kappa shape index (κ1) is 12.3. The number of aliphatic carboxylic acids is 1. The van der Waals surface area contributed by atoms with E-state index < -0.39 is 11.9 Å². The lowest BCUT2D eigenvalue weighted by atomic mass is 9.98. The zero-order chi connectivity index (χ0) is 13.0. The van der Waals surface area contributed by atoms with E-state index in [1.54, 1.807) is 19.3 Å². The number of carbonyl (C=O) groups is 1. The van der Waals surface area contributed by atoms with Gasteiger partial charge >= 0.3 is 5.97 Å². The second-order valence-electron chi connectivity index (χ2n) is 4.33. The highest BCUT2D eigenvalue weighted by Gasteiger charge is 2.12. The number of rotatable bonds is 4. The Hall–Kier alpha value is -2.16. The fourth-order valence-corrected chi connectivity index (χ4v) is 1.80. The van der Waals surface area contributed by atoms with Crippen molar-refractivity contribution in [2.24, 2.45) is 0 Å². The molecule has 0 aliphatic heterocycles. The minimum atomic E-state index is -0.795. The quantitative estimate of drug-likeness (QED) is 0.895. The molecule has 0 amide bonds. The van der Waals surface area contributed by atoms with Gasteiger partial charge in [0.25, 0.3) is 0 Å². The third-order valence-corrected chi connectivity index (χ3v) is 3.01. The van der Waals surface area contributed by atoms with E-state index in [9.17, 15) is 4.79 Å². The van der Waals surface area contributed by atoms with Crippen molar-refractivity contribution in [3.05, 3.63) is 65.5 Å². The van der Waals surface area contributed by atoms with Crippen molar-refractivity contribution in [3.63, 3.8) is 0 Å². The van der Waals surface area contributed by atoms with Crippen LogP contribution in [0.25, 0.3) is 0 Å². The molecule has 1 heterocycles. The van der Waals surface area contributed by atoms with E-state index in [4.69, 9.17) is 5.11 Å². The highest BCUT2D eigenvalue weighted by atomic mass is 16.4. The SMILES string of the molecule is CC(C(=O)O)c1ccc(Cc2ccncc2)cc1. The van der Waals surface area contributed by atoms with E-state index in [0.717, 1.165) is 12.0 Å². The van der Waals surface area contributed by atoms with Crippen LogP contribution in [-0.2, 0) is 11.2 Å². The van der Waals surface area contributed by atoms with E-state index in [1.165, 1.54) is 11.1 Å². The van der Waals surface area contributed by atoms with Gasteiger partial charge in [0.1, 0.15) is 0 Å². The van der Waals surface area contributed by atoms with Gasteiger partial charge in [-0.15, -0.1) is 0 Å². The Balaban J connectivity index is 2.11. The van der Waals surface area contributed by atoms with Crippen molar-refractivity contribution >= 4 is 5.97 Å². The third-order valence-electron chi connectivity index (χ3n) is 3.01. The van der Waals surface area contributed by atoms with Crippen LogP contribution in [0.15, 0.2) is 48.8 Å². The average Bonchev–Trinajstić information content (AvgIpc) is 2.40. The zero-order valence-corrected chi connectivity index (χ0v) is 10.2. The van der Waals surface area contributed by atoms with Crippen molar-refractivity contribution in [3.8, 4) is 0 Å². The van der Waals surface area contributed by atoms with Crippen molar-refractivity contribution in [2.75, 3.05) is 0 Å². The highest BCUT2D eigenvalue weighted by Crippen LogP contribution is 2.17. The second-order valence-corrected chi connectivity index (χ2v) is 4.33. The number of hydrogen-bond donors (Lipinski definition) is 1. The first-order chi connectivity index (χ1) is 8.66. The smallest absolute Gasteiger partial charge is 0.310 e. The molecule has 0 saturated carbocycles. The monoisotopic (exact) mass is 241 g/mol. The van der Waals surface area contributed by atoms with Crippen LogP contribution in [-0.4, -0.2) is 16.1 Å². The van der Waals surface area contributed by atoms with E-state index in [0.29, 0.717) is 0 Å². The topological polar surface area (TPSA) is 50.2 Å². The largest absolute Gasteiger partial charge is 0.481 e. The molecule has 2 rings (SSSR count). The van der Waals surface area contributed by atoms with Crippen LogP contribution in [0, 0.1) is 0 Å². The molecule has 1 unspecified atom stereocenters. The summed E-state index contributed by atoms with van der Waals surface area (Å²) in [7, 11) is 0. The maximum atomic E-state index is 10.9. The van der Waals surface area contributed by atoms with Crippen LogP contribution in [0.5, 0.6) is 0 Å². The standard InChI is InChI=1S/C15H15NO2/c1-11(15(17)18)14-4-2-12(3-5-14)10-13-6-8-16-9-7-13/h2-9,11H,10H2,1H3,(H,17,18). The van der Waals surface area contributed by atoms with E-state index in [-0.39, 0.29) is 0 Å². The molecule has 0 bridgehead atoms. The van der Waals surface area contributed by atoms with Gasteiger partial charge in [-0.1, -0.05) is 24.3 Å². The van der Waals surface area contributed by atoms with Crippen molar-refractivity contribution < 1.29 is 9.90 Å². The molecular weight excluding hydrogens is 226 g/mol. The van der Waals surface area contributed by atoms with Gasteiger partial charge < -0.3 is 5.11 Å². The van der Waals surface area contributed by atoms with E-state index in [2.05, 4.69) is 4.98 Å². The highest BCUT2D eigenvalue weighted by molar-refractivity contribution is 5.75. The van der Waals surface area contributed by atoms with Crippen molar-refractivity contribution in [1.29, 1.82) is 0 Å². The predicted octanol–water partition coefficient (Wildman–Crippen LogP) is 2.86. The molecule has 0 saturated heterocycles. The van der Waals surface area contributed by atoms with Crippen LogP contribution in [0.4, 0.5) is 0 Å². The molecule has 18 heavy (non-hydrogen) atoms. The molecule has 1 aromatic carbocycles. The van der Waals surface area contributed by atoms with Crippen LogP contribution >= 0.6 is 0 Å². The van der Waals surface area contributed by atoms with Gasteiger partial charge in [0.2, 0.25) is 0 Å². The summed E-state index contributed by atoms with van der Waals surface area (Å²) in [6, 6.07) is 11.7. The van der Waals surface area contributed by atoms with Gasteiger partial charge in [-0.25, -0.2) is 0 Å². The lowest BCUT2D eigenvalue weighted by Gasteiger charge is -2.07. The normalized spacial score (nSPS) is 12.1. The summed E-state index contributed by atoms with van der Waals surface area (Å²) in [5.74, 6) is -1.25. The Morgan fingerprint density at radius 1 is 1.11 bits per heavy atom. The summed E-state index contributed by atoms with van der Waals surface area (Å²) in [6.45, 7) is 1.69. The van der Waals surface area contributed by atoms with Gasteiger partial charge in [0.15, 0.2) is 0 Å². The molecule has 1 N–H and O–H groups in total. The number of hydrogen-bond acceptors (Lipinski definition) is 2. The number of nitrogens with zero attached hydrogens (tertiary/aromatic N) is 1. The van der Waals surface area contributed by atoms with E-state index >= 15 is 0 Å². The summed E-state index contributed by atoms with van der Waals surface area (Å²) in [5.41, 5.74) is 3.20. The Kier molecular flexibility index (Phi) is 3.72. The molecular formula is C15H15NO2. The second kappa shape index (κ2) is 5.45. The van der Waals surface area contributed by atoms with Gasteiger partial charge in [0, 0.05) is 12.4 Å². The Morgan fingerprint density at radius 3 is 2.22 bits per heavy atom. The van der Waals surface area contributed by atoms with Crippen molar-refractivity contribution in [1.82, 2.24) is 4.98 Å². The van der Waals surface area contributed by atoms with Gasteiger partial charge in [-0.3, -0.25) is 9.78 Å². The van der Waals surface area contributed by atoms with E-state index in [1.807, 2.05) is 36.4 Å². The lowest BCUT2D eigenvalue weighted by molar-refractivity contribution is -0.138. The summed E-state index contributed by atoms with van der Waals surface area (Å²) < 4.78 is 0. The molecule has 0 aliphatic rings. The predicted molar refractivity (Wildman–Crippen MR) is 69.5 cm³/mol. The molecule has 92 valence electrons. The summed E-state index contributed by atoms with van der Waals surface area (Å²) in [5, 5.41) is 8.93. The van der Waals surface area contributed by atoms with Crippen LogP contribution in [0.1, 0.15) is 29.5 Å². The maximum Gasteiger partial charge on any atom is 0.310 e. The fraction of sp³-hybridized carbons (Fsp3) is 0.200. The Bertz CT molecular complexity index is 520. The number of carboxylic acid groups (broad SMARTS) is 1. The maximum absolute atomic E-state index is 10.9. The number of benzene rings is 1. The summed E-state index contributed by atoms with van der Waals surface area (Å²) in [4.78, 5) is 14.8. The number of carboxylic acids is 1. The average molecular weight is 241 g/mol. The minimum absolute atomic E-state index is 0.458. The molecule has 1 aromatic heterocycles. The summed E-state index contributed by atoms with van der Waals surface area (Å²) >= 11 is 0. The minimum Gasteiger partial charge on any atom is -0.481 e. The molecule has 3 heteroatoms. The zero-order valence-electron chi connectivity index (χ0n) is 10.2. The van der Waals surface area contributed by atoms with Gasteiger partial charge in [-0.2, -0.15) is 0 Å². The third kappa shape index (κ3) is 2.94. The van der Waals surface area contributed by atoms with Crippen molar-refractivity contribution in [2.45, 2.75) is 19.3 Å². The first-order valence-electron chi connectivity index (χ1n) is 5.87. The fourth-order valence-electron chi connectivity index (χ4n) is 1.80. The first-order valence-corrected chi connectivity index (χ1v) is 5.87. The van der Waals surface area contributed by atoms with Crippen LogP contribution in [0.2, 0.25) is 0 Å². The molecule has 0 spiro atoms. The number of pyridine rings is 1. The van der Waals surface area contributed by atoms with Crippen LogP contribution in [0.3, 0.4) is 0 Å². The molecule has 0 aliphatic carbocycles. The molecule has 1 atom stereocenters. The molecule has 0 radical (unpaired) electrons. The molecule has 0 fully saturated rings. The van der Waals surface area contributed by atoms with Gasteiger partial charge in [-0.05, 0) is 42.2 Å². The number of aromatic nitrogens is 1. The Morgan fingerprint density at radius 2 is 1.67 bits per heavy atom. The van der Waals surface area contributed by atoms with Crippen LogP contribution < -0.4 is 0 Å². The molecule has 3 nitrogen and oxygen atoms in total. The van der Waals surface area contributed by atoms with Gasteiger partial charge in [0.05, 0.1) is 5.92 Å². The summed E-state index contributed by atoms with van der Waals surface area (Å²) in [6.07, 6.45) is 4.39. The lowest BCUT2D eigenvalue weighted by Crippen LogP contribution is -2.07.